The van der Waals surface area contributed by atoms with Crippen LogP contribution >= 0.6 is 0 Å². The van der Waals surface area contributed by atoms with Crippen molar-refractivity contribution in [1.29, 1.82) is 0 Å². The van der Waals surface area contributed by atoms with Gasteiger partial charge in [0.1, 0.15) is 5.82 Å². The summed E-state index contributed by atoms with van der Waals surface area (Å²) >= 11 is 0. The molecule has 0 saturated carbocycles. The van der Waals surface area contributed by atoms with E-state index in [1.54, 1.807) is 30.3 Å². The van der Waals surface area contributed by atoms with Gasteiger partial charge in [-0.2, -0.15) is 0 Å². The molecule has 28 heavy (non-hydrogen) atoms. The number of benzene rings is 2. The number of carbonyl (C=O) groups excluding carboxylic acids is 1. The molecule has 0 bridgehead atoms. The van der Waals surface area contributed by atoms with Gasteiger partial charge in [-0.15, -0.1) is 0 Å². The van der Waals surface area contributed by atoms with Gasteiger partial charge in [0.05, 0.1) is 17.1 Å². The summed E-state index contributed by atoms with van der Waals surface area (Å²) in [5.41, 5.74) is 2.72. The third-order valence-corrected chi connectivity index (χ3v) is 5.22. The highest BCUT2D eigenvalue weighted by Gasteiger charge is 2.25. The first-order chi connectivity index (χ1) is 13.5. The Bertz CT molecular complexity index is 1030. The molecule has 1 aliphatic rings. The Morgan fingerprint density at radius 1 is 1.04 bits per heavy atom. The Morgan fingerprint density at radius 3 is 2.43 bits per heavy atom. The van der Waals surface area contributed by atoms with Gasteiger partial charge < -0.3 is 20.2 Å². The van der Waals surface area contributed by atoms with Crippen molar-refractivity contribution >= 4 is 28.3 Å². The summed E-state index contributed by atoms with van der Waals surface area (Å²) in [4.78, 5) is 33.7. The van der Waals surface area contributed by atoms with Crippen LogP contribution in [-0.4, -0.2) is 53.0 Å². The summed E-state index contributed by atoms with van der Waals surface area (Å²) in [6, 6.07) is 11.5. The number of nitrogens with zero attached hydrogens (tertiary/aromatic N) is 2. The highest BCUT2D eigenvalue weighted by Crippen LogP contribution is 2.19. The number of piperazine rings is 1. The van der Waals surface area contributed by atoms with E-state index < -0.39 is 0 Å². The monoisotopic (exact) mass is 383 g/mol. The van der Waals surface area contributed by atoms with Gasteiger partial charge in [-0.1, -0.05) is 0 Å². The largest absolute Gasteiger partial charge is 0.369 e. The van der Waals surface area contributed by atoms with E-state index in [-0.39, 0.29) is 23.5 Å². The number of imidazole rings is 1. The second-order valence-corrected chi connectivity index (χ2v) is 7.00. The molecule has 1 amide bonds. The van der Waals surface area contributed by atoms with E-state index >= 15 is 0 Å². The number of halogens is 1. The van der Waals surface area contributed by atoms with Crippen molar-refractivity contribution in [2.24, 2.45) is 0 Å². The predicted molar refractivity (Wildman–Crippen MR) is 107 cm³/mol. The molecule has 2 aromatic carbocycles. The molecule has 7 nitrogen and oxygen atoms in total. The van der Waals surface area contributed by atoms with E-state index in [4.69, 9.17) is 0 Å². The van der Waals surface area contributed by atoms with E-state index in [0.29, 0.717) is 16.7 Å². The molecule has 0 aliphatic carbocycles. The standard InChI is InChI=1S/C20H22FN5O2/c1-13(19(27)22-15-4-7-17-18(12-15)24-20(28)23-17)25-8-10-26(11-9-25)16-5-2-14(21)3-6-16/h2-7,12-13H,8-11H2,1H3,(H,22,27)(H2,23,24,28)/t13-/m0/s1. The minimum atomic E-state index is -0.281. The Morgan fingerprint density at radius 2 is 1.71 bits per heavy atom. The van der Waals surface area contributed by atoms with Crippen LogP contribution < -0.4 is 15.9 Å². The maximum atomic E-state index is 13.1. The highest BCUT2D eigenvalue weighted by molar-refractivity contribution is 5.96. The van der Waals surface area contributed by atoms with Gasteiger partial charge in [-0.3, -0.25) is 9.69 Å². The fraction of sp³-hybridized carbons (Fsp3) is 0.300. The van der Waals surface area contributed by atoms with Crippen LogP contribution in [0.1, 0.15) is 6.92 Å². The lowest BCUT2D eigenvalue weighted by Crippen LogP contribution is -2.52. The number of carbonyl (C=O) groups is 1. The Balaban J connectivity index is 1.36. The summed E-state index contributed by atoms with van der Waals surface area (Å²) in [6.45, 7) is 4.94. The summed E-state index contributed by atoms with van der Waals surface area (Å²) in [5, 5.41) is 2.92. The molecule has 8 heteroatoms. The lowest BCUT2D eigenvalue weighted by atomic mass is 10.2. The number of aromatic amines is 2. The molecule has 1 atom stereocenters. The number of nitrogens with one attached hydrogen (secondary N) is 3. The number of fused-ring (bicyclic) bond motifs is 1. The summed E-state index contributed by atoms with van der Waals surface area (Å²) in [7, 11) is 0. The van der Waals surface area contributed by atoms with Gasteiger partial charge in [0.25, 0.3) is 0 Å². The lowest BCUT2D eigenvalue weighted by Gasteiger charge is -2.38. The molecular formula is C20H22FN5O2. The first-order valence-electron chi connectivity index (χ1n) is 9.27. The Labute approximate surface area is 161 Å². The molecule has 0 spiro atoms. The van der Waals surface area contributed by atoms with Crippen LogP contribution in [0.3, 0.4) is 0 Å². The topological polar surface area (TPSA) is 84.2 Å². The van der Waals surface area contributed by atoms with Crippen molar-refractivity contribution in [3.05, 3.63) is 58.8 Å². The maximum absolute atomic E-state index is 13.1. The average Bonchev–Trinajstić information content (AvgIpc) is 3.07. The first-order valence-corrected chi connectivity index (χ1v) is 9.27. The summed E-state index contributed by atoms with van der Waals surface area (Å²) in [5.74, 6) is -0.331. The van der Waals surface area contributed by atoms with Crippen LogP contribution in [0, 0.1) is 5.82 Å². The number of H-pyrrole nitrogens is 2. The normalized spacial score (nSPS) is 16.3. The molecule has 2 heterocycles. The minimum absolute atomic E-state index is 0.0903. The van der Waals surface area contributed by atoms with Crippen molar-refractivity contribution in [1.82, 2.24) is 14.9 Å². The highest BCUT2D eigenvalue weighted by atomic mass is 19.1. The smallest absolute Gasteiger partial charge is 0.323 e. The van der Waals surface area contributed by atoms with Crippen LogP contribution in [-0.2, 0) is 4.79 Å². The number of hydrogen-bond donors (Lipinski definition) is 3. The van der Waals surface area contributed by atoms with Crippen molar-refractivity contribution in [3.63, 3.8) is 0 Å². The molecule has 1 aromatic heterocycles. The second-order valence-electron chi connectivity index (χ2n) is 7.00. The fourth-order valence-electron chi connectivity index (χ4n) is 3.54. The Hall–Kier alpha value is -3.13. The Kier molecular flexibility index (Phi) is 4.87. The lowest BCUT2D eigenvalue weighted by molar-refractivity contribution is -0.120. The molecule has 4 rings (SSSR count). The molecular weight excluding hydrogens is 361 g/mol. The van der Waals surface area contributed by atoms with Crippen molar-refractivity contribution in [2.75, 3.05) is 36.4 Å². The van der Waals surface area contributed by atoms with Crippen molar-refractivity contribution < 1.29 is 9.18 Å². The van der Waals surface area contributed by atoms with E-state index in [2.05, 4.69) is 25.1 Å². The number of aromatic nitrogens is 2. The van der Waals surface area contributed by atoms with E-state index in [9.17, 15) is 14.0 Å². The average molecular weight is 383 g/mol. The van der Waals surface area contributed by atoms with Crippen LogP contribution in [0.25, 0.3) is 11.0 Å². The minimum Gasteiger partial charge on any atom is -0.369 e. The maximum Gasteiger partial charge on any atom is 0.323 e. The summed E-state index contributed by atoms with van der Waals surface area (Å²) < 4.78 is 13.1. The van der Waals surface area contributed by atoms with E-state index in [1.807, 2.05) is 6.92 Å². The van der Waals surface area contributed by atoms with E-state index in [0.717, 1.165) is 31.9 Å². The number of anilines is 2. The van der Waals surface area contributed by atoms with Gasteiger partial charge in [0.2, 0.25) is 5.91 Å². The van der Waals surface area contributed by atoms with Gasteiger partial charge in [-0.25, -0.2) is 9.18 Å². The molecule has 0 radical (unpaired) electrons. The molecule has 146 valence electrons. The predicted octanol–water partition coefficient (Wildman–Crippen LogP) is 2.14. The van der Waals surface area contributed by atoms with Crippen LogP contribution in [0.2, 0.25) is 0 Å². The zero-order valence-corrected chi connectivity index (χ0v) is 15.5. The van der Waals surface area contributed by atoms with Crippen molar-refractivity contribution in [3.8, 4) is 0 Å². The number of amides is 1. The van der Waals surface area contributed by atoms with E-state index in [1.165, 1.54) is 12.1 Å². The fourth-order valence-corrected chi connectivity index (χ4v) is 3.54. The number of hydrogen-bond acceptors (Lipinski definition) is 4. The van der Waals surface area contributed by atoms with Crippen LogP contribution in [0.4, 0.5) is 15.8 Å². The molecule has 1 fully saturated rings. The quantitative estimate of drug-likeness (QED) is 0.645. The second kappa shape index (κ2) is 7.47. The van der Waals surface area contributed by atoms with Gasteiger partial charge >= 0.3 is 5.69 Å². The third-order valence-electron chi connectivity index (χ3n) is 5.22. The molecule has 1 saturated heterocycles. The van der Waals surface area contributed by atoms with Crippen LogP contribution in [0.15, 0.2) is 47.3 Å². The molecule has 1 aliphatic heterocycles. The van der Waals surface area contributed by atoms with Gasteiger partial charge in [0, 0.05) is 37.6 Å². The zero-order chi connectivity index (χ0) is 19.7. The SMILES string of the molecule is C[C@@H](C(=O)Nc1ccc2[nH]c(=O)[nH]c2c1)N1CCN(c2ccc(F)cc2)CC1. The summed E-state index contributed by atoms with van der Waals surface area (Å²) in [6.07, 6.45) is 0. The zero-order valence-electron chi connectivity index (χ0n) is 15.5. The first kappa shape index (κ1) is 18.2. The van der Waals surface area contributed by atoms with Crippen LogP contribution in [0.5, 0.6) is 0 Å². The molecule has 0 unspecified atom stereocenters. The third kappa shape index (κ3) is 3.77. The molecule has 3 N–H and O–H groups in total. The van der Waals surface area contributed by atoms with Gasteiger partial charge in [0.15, 0.2) is 0 Å². The molecule has 3 aromatic rings. The van der Waals surface area contributed by atoms with Crippen molar-refractivity contribution in [2.45, 2.75) is 13.0 Å². The van der Waals surface area contributed by atoms with Gasteiger partial charge in [-0.05, 0) is 49.4 Å². The number of rotatable bonds is 4.